The highest BCUT2D eigenvalue weighted by Crippen LogP contribution is 2.38. The Bertz CT molecular complexity index is 730. The Kier molecular flexibility index (Phi) is 2.86. The quantitative estimate of drug-likeness (QED) is 0.667. The van der Waals surface area contributed by atoms with Crippen molar-refractivity contribution in [2.24, 2.45) is 11.8 Å². The largest absolute Gasteiger partial charge is 0.497 e. The van der Waals surface area contributed by atoms with Crippen molar-refractivity contribution in [2.75, 3.05) is 7.11 Å². The molecule has 0 spiro atoms. The molecule has 0 amide bonds. The molecule has 3 aliphatic rings. The van der Waals surface area contributed by atoms with Crippen molar-refractivity contribution >= 4 is 23.1 Å². The van der Waals surface area contributed by atoms with Crippen LogP contribution < -0.4 is 0 Å². The van der Waals surface area contributed by atoms with Crippen LogP contribution in [0.5, 0.6) is 0 Å². The minimum atomic E-state index is -1.19. The van der Waals surface area contributed by atoms with Gasteiger partial charge >= 0.3 is 0 Å². The van der Waals surface area contributed by atoms with Gasteiger partial charge in [0.05, 0.1) is 7.11 Å². The highest BCUT2D eigenvalue weighted by molar-refractivity contribution is 6.33. The van der Waals surface area contributed by atoms with Crippen molar-refractivity contribution in [1.82, 2.24) is 0 Å². The molecule has 5 heteroatoms. The van der Waals surface area contributed by atoms with Crippen LogP contribution in [0.15, 0.2) is 46.8 Å². The second-order valence-electron chi connectivity index (χ2n) is 5.24. The van der Waals surface area contributed by atoms with E-state index in [0.29, 0.717) is 5.57 Å². The first-order valence-corrected chi connectivity index (χ1v) is 6.47. The summed E-state index contributed by atoms with van der Waals surface area (Å²) in [6.45, 7) is 1.69. The van der Waals surface area contributed by atoms with Gasteiger partial charge < -0.3 is 4.74 Å². The van der Waals surface area contributed by atoms with E-state index < -0.39 is 35.0 Å². The van der Waals surface area contributed by atoms with Gasteiger partial charge in [-0.25, -0.2) is 0 Å². The van der Waals surface area contributed by atoms with Crippen LogP contribution in [0.3, 0.4) is 0 Å². The normalized spacial score (nSPS) is 28.1. The number of fused-ring (bicyclic) bond motifs is 2. The van der Waals surface area contributed by atoms with Gasteiger partial charge in [0, 0.05) is 17.2 Å². The molecule has 1 fully saturated rings. The predicted octanol–water partition coefficient (Wildman–Crippen LogP) is 0.865. The van der Waals surface area contributed by atoms with Gasteiger partial charge in [0.15, 0.2) is 23.1 Å². The van der Waals surface area contributed by atoms with E-state index in [9.17, 15) is 19.2 Å². The second kappa shape index (κ2) is 4.48. The number of carbonyl (C=O) groups excluding carboxylic acids is 4. The van der Waals surface area contributed by atoms with Crippen LogP contribution >= 0.6 is 0 Å². The molecular formula is C16H12O5. The van der Waals surface area contributed by atoms with Crippen LogP contribution in [0, 0.1) is 11.8 Å². The zero-order valence-corrected chi connectivity index (χ0v) is 11.5. The van der Waals surface area contributed by atoms with Crippen LogP contribution in [0.2, 0.25) is 0 Å². The lowest BCUT2D eigenvalue weighted by molar-refractivity contribution is -0.138. The van der Waals surface area contributed by atoms with Crippen LogP contribution in [0.25, 0.3) is 0 Å². The number of carbonyl (C=O) groups is 4. The Labute approximate surface area is 120 Å². The summed E-state index contributed by atoms with van der Waals surface area (Å²) < 4.78 is 4.97. The van der Waals surface area contributed by atoms with Gasteiger partial charge in [0.25, 0.3) is 0 Å². The average molecular weight is 284 g/mol. The minimum Gasteiger partial charge on any atom is -0.497 e. The van der Waals surface area contributed by atoms with E-state index in [1.807, 2.05) is 0 Å². The Morgan fingerprint density at radius 2 is 1.43 bits per heavy atom. The third-order valence-corrected chi connectivity index (χ3v) is 3.86. The van der Waals surface area contributed by atoms with Gasteiger partial charge in [-0.1, -0.05) is 6.08 Å². The Morgan fingerprint density at radius 1 is 0.857 bits per heavy atom. The van der Waals surface area contributed by atoms with E-state index in [0.717, 1.165) is 0 Å². The molecule has 0 bridgehead atoms. The van der Waals surface area contributed by atoms with E-state index in [1.165, 1.54) is 25.3 Å². The standard InChI is InChI=1S/C16H12O5/c1-7-3-9-13(11(17)4-7)16(20)14-10(15(9)19)5-8(21-2)6-12(14)18/h3-6,13-14H,1-2H3. The first-order valence-electron chi connectivity index (χ1n) is 6.47. The van der Waals surface area contributed by atoms with Gasteiger partial charge in [0.2, 0.25) is 0 Å². The number of Topliss-reactive ketones (excluding diaryl/α,β-unsaturated/α-hetero) is 2. The molecule has 0 saturated heterocycles. The molecule has 0 aromatic heterocycles. The molecule has 3 aliphatic carbocycles. The van der Waals surface area contributed by atoms with Crippen LogP contribution in [-0.4, -0.2) is 30.2 Å². The molecule has 1 saturated carbocycles. The van der Waals surface area contributed by atoms with Crippen molar-refractivity contribution in [3.05, 3.63) is 46.8 Å². The number of hydrogen-bond donors (Lipinski definition) is 0. The van der Waals surface area contributed by atoms with Crippen molar-refractivity contribution in [3.8, 4) is 0 Å². The summed E-state index contributed by atoms with van der Waals surface area (Å²) >= 11 is 0. The Morgan fingerprint density at radius 3 is 2.05 bits per heavy atom. The van der Waals surface area contributed by atoms with Crippen molar-refractivity contribution in [2.45, 2.75) is 6.92 Å². The fraction of sp³-hybridized carbons (Fsp3) is 0.250. The van der Waals surface area contributed by atoms with Gasteiger partial charge in [-0.05, 0) is 24.6 Å². The summed E-state index contributed by atoms with van der Waals surface area (Å²) in [6.07, 6.45) is 5.46. The highest BCUT2D eigenvalue weighted by Gasteiger charge is 2.50. The van der Waals surface area contributed by atoms with Gasteiger partial charge in [-0.3, -0.25) is 19.2 Å². The molecule has 0 heterocycles. The lowest BCUT2D eigenvalue weighted by Gasteiger charge is -2.32. The van der Waals surface area contributed by atoms with Crippen LogP contribution in [0.1, 0.15) is 6.92 Å². The molecule has 3 rings (SSSR count). The molecule has 106 valence electrons. The summed E-state index contributed by atoms with van der Waals surface area (Å²) in [5.74, 6) is -4.00. The number of rotatable bonds is 1. The molecule has 0 aliphatic heterocycles. The first kappa shape index (κ1) is 13.4. The fourth-order valence-electron chi connectivity index (χ4n) is 2.92. The number of ketones is 4. The molecular weight excluding hydrogens is 272 g/mol. The zero-order chi connectivity index (χ0) is 15.3. The van der Waals surface area contributed by atoms with Crippen molar-refractivity contribution in [3.63, 3.8) is 0 Å². The number of ether oxygens (including phenoxy) is 1. The SMILES string of the molecule is COC1=CC(=O)C2C(=O)C3C(=O)C=C(C)C=C3C(=O)C2=C1. The average Bonchev–Trinajstić information content (AvgIpc) is 2.43. The van der Waals surface area contributed by atoms with Crippen molar-refractivity contribution < 1.29 is 23.9 Å². The molecule has 0 aromatic rings. The monoisotopic (exact) mass is 284 g/mol. The van der Waals surface area contributed by atoms with Crippen LogP contribution in [-0.2, 0) is 23.9 Å². The van der Waals surface area contributed by atoms with E-state index in [1.54, 1.807) is 13.0 Å². The van der Waals surface area contributed by atoms with Crippen molar-refractivity contribution in [1.29, 1.82) is 0 Å². The summed E-state index contributed by atoms with van der Waals surface area (Å²) in [5, 5.41) is 0. The number of methoxy groups -OCH3 is 1. The third kappa shape index (κ3) is 1.85. The molecule has 2 unspecified atom stereocenters. The maximum absolute atomic E-state index is 12.5. The van der Waals surface area contributed by atoms with E-state index in [-0.39, 0.29) is 16.9 Å². The number of allylic oxidation sites excluding steroid dienone is 7. The summed E-state index contributed by atoms with van der Waals surface area (Å²) in [7, 11) is 1.38. The fourth-order valence-corrected chi connectivity index (χ4v) is 2.92. The summed E-state index contributed by atoms with van der Waals surface area (Å²) in [4.78, 5) is 49.1. The first-order chi connectivity index (χ1) is 9.93. The number of hydrogen-bond acceptors (Lipinski definition) is 5. The maximum atomic E-state index is 12.5. The topological polar surface area (TPSA) is 77.5 Å². The second-order valence-corrected chi connectivity index (χ2v) is 5.24. The third-order valence-electron chi connectivity index (χ3n) is 3.86. The predicted molar refractivity (Wildman–Crippen MR) is 72.0 cm³/mol. The van der Waals surface area contributed by atoms with Crippen LogP contribution in [0.4, 0.5) is 0 Å². The lowest BCUT2D eigenvalue weighted by atomic mass is 9.66. The Balaban J connectivity index is 2.16. The van der Waals surface area contributed by atoms with Gasteiger partial charge in [-0.2, -0.15) is 0 Å². The molecule has 0 aromatic carbocycles. The molecule has 2 atom stereocenters. The molecule has 0 radical (unpaired) electrons. The molecule has 5 nitrogen and oxygen atoms in total. The smallest absolute Gasteiger partial charge is 0.187 e. The van der Waals surface area contributed by atoms with E-state index >= 15 is 0 Å². The van der Waals surface area contributed by atoms with Gasteiger partial charge in [0.1, 0.15) is 17.6 Å². The summed E-state index contributed by atoms with van der Waals surface area (Å²) in [6, 6.07) is 0. The maximum Gasteiger partial charge on any atom is 0.187 e. The molecule has 0 N–H and O–H groups in total. The minimum absolute atomic E-state index is 0.0920. The zero-order valence-electron chi connectivity index (χ0n) is 11.5. The highest BCUT2D eigenvalue weighted by atomic mass is 16.5. The lowest BCUT2D eigenvalue weighted by Crippen LogP contribution is -2.46. The van der Waals surface area contributed by atoms with Gasteiger partial charge in [-0.15, -0.1) is 0 Å². The molecule has 21 heavy (non-hydrogen) atoms. The summed E-state index contributed by atoms with van der Waals surface area (Å²) in [5.41, 5.74) is 0.864. The Hall–Kier alpha value is -2.56. The van der Waals surface area contributed by atoms with E-state index in [4.69, 9.17) is 4.74 Å². The van der Waals surface area contributed by atoms with E-state index in [2.05, 4.69) is 0 Å².